The summed E-state index contributed by atoms with van der Waals surface area (Å²) < 4.78 is 11.3. The number of amides is 1. The Morgan fingerprint density at radius 1 is 1.50 bits per heavy atom. The van der Waals surface area contributed by atoms with E-state index < -0.39 is 0 Å². The summed E-state index contributed by atoms with van der Waals surface area (Å²) in [6.07, 6.45) is 4.45. The number of carbonyl (C=O) groups is 1. The molecule has 0 saturated carbocycles. The molecule has 0 aliphatic carbocycles. The number of rotatable bonds is 4. The van der Waals surface area contributed by atoms with Gasteiger partial charge >= 0.3 is 6.09 Å². The Hall–Kier alpha value is -1.51. The molecule has 1 unspecified atom stereocenters. The van der Waals surface area contributed by atoms with E-state index in [2.05, 4.69) is 21.9 Å². The summed E-state index contributed by atoms with van der Waals surface area (Å²) in [4.78, 5) is 13.3. The van der Waals surface area contributed by atoms with Crippen LogP contribution >= 0.6 is 15.9 Å². The second-order valence-electron chi connectivity index (χ2n) is 3.81. The number of nitrogens with zero attached hydrogens (tertiary/aromatic N) is 1. The SMILES string of the molecule is C#CCOCC1CN(c2ccc(Br)cc2)C(=O)O1. The minimum atomic E-state index is -0.355. The van der Waals surface area contributed by atoms with Gasteiger partial charge in [0.15, 0.2) is 0 Å². The predicted octanol–water partition coefficient (Wildman–Crippen LogP) is 2.42. The molecule has 1 fully saturated rings. The molecule has 0 bridgehead atoms. The van der Waals surface area contributed by atoms with Crippen molar-refractivity contribution in [1.82, 2.24) is 0 Å². The lowest BCUT2D eigenvalue weighted by Gasteiger charge is -2.12. The minimum Gasteiger partial charge on any atom is -0.441 e. The average molecular weight is 310 g/mol. The molecule has 18 heavy (non-hydrogen) atoms. The summed E-state index contributed by atoms with van der Waals surface area (Å²) in [5, 5.41) is 0. The maximum Gasteiger partial charge on any atom is 0.414 e. The van der Waals surface area contributed by atoms with Crippen LogP contribution in [0, 0.1) is 12.3 Å². The van der Waals surface area contributed by atoms with Gasteiger partial charge in [-0.3, -0.25) is 4.90 Å². The van der Waals surface area contributed by atoms with Crippen molar-refractivity contribution in [3.05, 3.63) is 28.7 Å². The van der Waals surface area contributed by atoms with Crippen molar-refractivity contribution in [3.63, 3.8) is 0 Å². The Kier molecular flexibility index (Phi) is 4.24. The summed E-state index contributed by atoms with van der Waals surface area (Å²) >= 11 is 3.35. The second-order valence-corrected chi connectivity index (χ2v) is 4.73. The van der Waals surface area contributed by atoms with Crippen LogP contribution in [-0.4, -0.2) is 32.0 Å². The molecule has 2 rings (SSSR count). The Labute approximate surface area is 114 Å². The minimum absolute atomic E-state index is 0.229. The Bertz CT molecular complexity index is 466. The highest BCUT2D eigenvalue weighted by Gasteiger charge is 2.32. The number of hydrogen-bond donors (Lipinski definition) is 0. The van der Waals surface area contributed by atoms with E-state index in [9.17, 15) is 4.79 Å². The van der Waals surface area contributed by atoms with Crippen molar-refractivity contribution in [2.75, 3.05) is 24.7 Å². The molecule has 1 atom stereocenters. The molecule has 0 aromatic heterocycles. The van der Waals surface area contributed by atoms with Gasteiger partial charge in [0.2, 0.25) is 0 Å². The van der Waals surface area contributed by atoms with E-state index in [0.29, 0.717) is 13.2 Å². The summed E-state index contributed by atoms with van der Waals surface area (Å²) in [6.45, 7) is 1.03. The van der Waals surface area contributed by atoms with E-state index >= 15 is 0 Å². The number of carbonyl (C=O) groups excluding carboxylic acids is 1. The average Bonchev–Trinajstić information content (AvgIpc) is 2.72. The molecule has 5 heteroatoms. The maximum atomic E-state index is 11.7. The standard InChI is InChI=1S/C13H12BrNO3/c1-2-7-17-9-12-8-15(13(16)18-12)11-5-3-10(14)4-6-11/h1,3-6,12H,7-9H2. The molecule has 0 N–H and O–H groups in total. The van der Waals surface area contributed by atoms with Gasteiger partial charge in [-0.25, -0.2) is 4.79 Å². The van der Waals surface area contributed by atoms with Crippen molar-refractivity contribution < 1.29 is 14.3 Å². The number of hydrogen-bond acceptors (Lipinski definition) is 3. The van der Waals surface area contributed by atoms with Gasteiger partial charge in [-0.15, -0.1) is 6.42 Å². The third-order valence-corrected chi connectivity index (χ3v) is 3.03. The lowest BCUT2D eigenvalue weighted by Crippen LogP contribution is -2.25. The molecular formula is C13H12BrNO3. The fraction of sp³-hybridized carbons (Fsp3) is 0.308. The topological polar surface area (TPSA) is 38.8 Å². The molecule has 94 valence electrons. The van der Waals surface area contributed by atoms with Gasteiger partial charge in [-0.1, -0.05) is 21.9 Å². The number of halogens is 1. The van der Waals surface area contributed by atoms with Crippen LogP contribution in [0.2, 0.25) is 0 Å². The van der Waals surface area contributed by atoms with E-state index in [1.807, 2.05) is 24.3 Å². The molecule has 0 radical (unpaired) electrons. The summed E-state index contributed by atoms with van der Waals surface area (Å²) in [6, 6.07) is 7.47. The highest BCUT2D eigenvalue weighted by Crippen LogP contribution is 2.23. The monoisotopic (exact) mass is 309 g/mol. The van der Waals surface area contributed by atoms with Gasteiger partial charge in [-0.2, -0.15) is 0 Å². The summed E-state index contributed by atoms with van der Waals surface area (Å²) in [5.41, 5.74) is 0.808. The second kappa shape index (κ2) is 5.89. The van der Waals surface area contributed by atoms with Crippen LogP contribution < -0.4 is 4.90 Å². The van der Waals surface area contributed by atoms with Crippen LogP contribution in [0.25, 0.3) is 0 Å². The van der Waals surface area contributed by atoms with Gasteiger partial charge in [0.25, 0.3) is 0 Å². The van der Waals surface area contributed by atoms with Crippen LogP contribution in [-0.2, 0) is 9.47 Å². The maximum absolute atomic E-state index is 11.7. The number of anilines is 1. The highest BCUT2D eigenvalue weighted by molar-refractivity contribution is 9.10. The predicted molar refractivity (Wildman–Crippen MR) is 71.4 cm³/mol. The smallest absolute Gasteiger partial charge is 0.414 e. The number of ether oxygens (including phenoxy) is 2. The van der Waals surface area contributed by atoms with Gasteiger partial charge in [0.05, 0.1) is 13.2 Å². The molecule has 4 nitrogen and oxygen atoms in total. The van der Waals surface area contributed by atoms with Crippen LogP contribution in [0.15, 0.2) is 28.7 Å². The van der Waals surface area contributed by atoms with Gasteiger partial charge in [0.1, 0.15) is 12.7 Å². The Balaban J connectivity index is 1.97. The van der Waals surface area contributed by atoms with Crippen LogP contribution in [0.5, 0.6) is 0 Å². The van der Waals surface area contributed by atoms with Crippen molar-refractivity contribution >= 4 is 27.7 Å². The van der Waals surface area contributed by atoms with Crippen molar-refractivity contribution in [2.24, 2.45) is 0 Å². The zero-order chi connectivity index (χ0) is 13.0. The largest absolute Gasteiger partial charge is 0.441 e. The van der Waals surface area contributed by atoms with E-state index in [1.165, 1.54) is 0 Å². The van der Waals surface area contributed by atoms with Gasteiger partial charge < -0.3 is 9.47 Å². The van der Waals surface area contributed by atoms with Crippen LogP contribution in [0.4, 0.5) is 10.5 Å². The van der Waals surface area contributed by atoms with Crippen molar-refractivity contribution in [1.29, 1.82) is 0 Å². The summed E-state index contributed by atoms with van der Waals surface area (Å²) in [7, 11) is 0. The van der Waals surface area contributed by atoms with E-state index in [-0.39, 0.29) is 18.8 Å². The summed E-state index contributed by atoms with van der Waals surface area (Å²) in [5.74, 6) is 2.37. The molecule has 0 spiro atoms. The molecule has 1 saturated heterocycles. The first-order valence-corrected chi connectivity index (χ1v) is 6.25. The lowest BCUT2D eigenvalue weighted by atomic mass is 10.3. The van der Waals surface area contributed by atoms with Crippen LogP contribution in [0.1, 0.15) is 0 Å². The first-order valence-electron chi connectivity index (χ1n) is 5.45. The van der Waals surface area contributed by atoms with Gasteiger partial charge in [0, 0.05) is 10.2 Å². The lowest BCUT2D eigenvalue weighted by molar-refractivity contribution is 0.0598. The normalized spacial score (nSPS) is 18.6. The highest BCUT2D eigenvalue weighted by atomic mass is 79.9. The fourth-order valence-electron chi connectivity index (χ4n) is 1.69. The molecule has 1 heterocycles. The van der Waals surface area contributed by atoms with E-state index in [4.69, 9.17) is 15.9 Å². The Morgan fingerprint density at radius 2 is 2.22 bits per heavy atom. The first kappa shape index (κ1) is 12.9. The first-order chi connectivity index (χ1) is 8.70. The molecule has 1 aliphatic rings. The zero-order valence-electron chi connectivity index (χ0n) is 9.64. The van der Waals surface area contributed by atoms with Gasteiger partial charge in [-0.05, 0) is 24.3 Å². The van der Waals surface area contributed by atoms with Crippen molar-refractivity contribution in [2.45, 2.75) is 6.10 Å². The fourth-order valence-corrected chi connectivity index (χ4v) is 1.95. The van der Waals surface area contributed by atoms with E-state index in [1.54, 1.807) is 4.90 Å². The molecule has 1 amide bonds. The number of terminal acetylenes is 1. The quantitative estimate of drug-likeness (QED) is 0.633. The molecule has 1 aromatic carbocycles. The Morgan fingerprint density at radius 3 is 2.89 bits per heavy atom. The molecule has 1 aromatic rings. The third-order valence-electron chi connectivity index (χ3n) is 2.50. The van der Waals surface area contributed by atoms with E-state index in [0.717, 1.165) is 10.2 Å². The van der Waals surface area contributed by atoms with Crippen LogP contribution in [0.3, 0.4) is 0 Å². The molecule has 1 aliphatic heterocycles. The molecular weight excluding hydrogens is 298 g/mol. The zero-order valence-corrected chi connectivity index (χ0v) is 11.2. The number of benzene rings is 1. The van der Waals surface area contributed by atoms with Crippen molar-refractivity contribution in [3.8, 4) is 12.3 Å². The third kappa shape index (κ3) is 3.03. The number of cyclic esters (lactones) is 1.